The molecule has 1 saturated heterocycles. The van der Waals surface area contributed by atoms with Gasteiger partial charge in [0.2, 0.25) is 15.8 Å². The number of sulfonamides is 1. The standard InChI is InChI=1S/C15H17ClN2O5S/c16-12-2-1-3-13(10-12)24(20,21)18-6-4-17(5-7-18)15(19)14-11-22-8-9-23-14/h1-3,10-11H,4-9H2. The third-order valence-electron chi connectivity index (χ3n) is 3.82. The van der Waals surface area contributed by atoms with E-state index in [0.717, 1.165) is 0 Å². The van der Waals surface area contributed by atoms with E-state index in [1.807, 2.05) is 0 Å². The Morgan fingerprint density at radius 2 is 1.88 bits per heavy atom. The van der Waals surface area contributed by atoms with Crippen LogP contribution in [0.1, 0.15) is 0 Å². The van der Waals surface area contributed by atoms with Crippen LogP contribution in [0, 0.1) is 0 Å². The highest BCUT2D eigenvalue weighted by molar-refractivity contribution is 7.89. The van der Waals surface area contributed by atoms with Crippen molar-refractivity contribution in [3.63, 3.8) is 0 Å². The summed E-state index contributed by atoms with van der Waals surface area (Å²) in [4.78, 5) is 14.0. The maximum atomic E-state index is 12.6. The number of rotatable bonds is 3. The molecule has 0 unspecified atom stereocenters. The lowest BCUT2D eigenvalue weighted by molar-refractivity contribution is -0.133. The topological polar surface area (TPSA) is 76.2 Å². The first-order chi connectivity index (χ1) is 11.5. The first-order valence-corrected chi connectivity index (χ1v) is 9.30. The molecule has 0 aliphatic carbocycles. The van der Waals surface area contributed by atoms with E-state index in [4.69, 9.17) is 21.1 Å². The zero-order valence-corrected chi connectivity index (χ0v) is 14.4. The zero-order valence-electron chi connectivity index (χ0n) is 12.9. The molecule has 0 bridgehead atoms. The van der Waals surface area contributed by atoms with Crippen LogP contribution in [0.5, 0.6) is 0 Å². The molecule has 24 heavy (non-hydrogen) atoms. The Morgan fingerprint density at radius 1 is 1.12 bits per heavy atom. The number of piperazine rings is 1. The van der Waals surface area contributed by atoms with Gasteiger partial charge in [-0.25, -0.2) is 8.42 Å². The quantitative estimate of drug-likeness (QED) is 0.793. The van der Waals surface area contributed by atoms with Crippen LogP contribution in [0.25, 0.3) is 0 Å². The van der Waals surface area contributed by atoms with Crippen molar-refractivity contribution in [3.05, 3.63) is 41.3 Å². The lowest BCUT2D eigenvalue weighted by Gasteiger charge is -2.34. The van der Waals surface area contributed by atoms with E-state index in [-0.39, 0.29) is 29.7 Å². The monoisotopic (exact) mass is 372 g/mol. The summed E-state index contributed by atoms with van der Waals surface area (Å²) in [6.45, 7) is 1.77. The van der Waals surface area contributed by atoms with Crippen molar-refractivity contribution >= 4 is 27.5 Å². The zero-order chi connectivity index (χ0) is 17.2. The summed E-state index contributed by atoms with van der Waals surface area (Å²) >= 11 is 5.87. The molecule has 1 amide bonds. The third kappa shape index (κ3) is 3.50. The van der Waals surface area contributed by atoms with Crippen molar-refractivity contribution in [2.24, 2.45) is 0 Å². The minimum atomic E-state index is -3.62. The summed E-state index contributed by atoms with van der Waals surface area (Å²) in [7, 11) is -3.62. The van der Waals surface area contributed by atoms with Gasteiger partial charge in [0, 0.05) is 31.2 Å². The fraction of sp³-hybridized carbons (Fsp3) is 0.400. The molecule has 0 N–H and O–H groups in total. The molecule has 0 radical (unpaired) electrons. The fourth-order valence-corrected chi connectivity index (χ4v) is 4.27. The van der Waals surface area contributed by atoms with Crippen molar-refractivity contribution in [3.8, 4) is 0 Å². The van der Waals surface area contributed by atoms with Crippen LogP contribution in [0.15, 0.2) is 41.2 Å². The summed E-state index contributed by atoms with van der Waals surface area (Å²) in [5.74, 6) is -0.123. The second-order valence-corrected chi connectivity index (χ2v) is 7.73. The van der Waals surface area contributed by atoms with Gasteiger partial charge in [-0.2, -0.15) is 4.31 Å². The third-order valence-corrected chi connectivity index (χ3v) is 5.95. The van der Waals surface area contributed by atoms with E-state index in [2.05, 4.69) is 0 Å². The van der Waals surface area contributed by atoms with Gasteiger partial charge in [0.15, 0.2) is 0 Å². The van der Waals surface area contributed by atoms with Gasteiger partial charge in [-0.1, -0.05) is 17.7 Å². The number of carbonyl (C=O) groups is 1. The first kappa shape index (κ1) is 17.1. The van der Waals surface area contributed by atoms with Crippen LogP contribution in [0.3, 0.4) is 0 Å². The molecule has 7 nitrogen and oxygen atoms in total. The van der Waals surface area contributed by atoms with Gasteiger partial charge in [0.25, 0.3) is 5.91 Å². The van der Waals surface area contributed by atoms with Gasteiger partial charge in [0.1, 0.15) is 19.5 Å². The predicted octanol–water partition coefficient (Wildman–Crippen LogP) is 1.06. The second-order valence-electron chi connectivity index (χ2n) is 5.36. The van der Waals surface area contributed by atoms with Crippen molar-refractivity contribution in [1.29, 1.82) is 0 Å². The maximum absolute atomic E-state index is 12.6. The Hall–Kier alpha value is -1.77. The molecular formula is C15H17ClN2O5S. The number of halogens is 1. The van der Waals surface area contributed by atoms with E-state index in [0.29, 0.717) is 31.3 Å². The normalized spacial score (nSPS) is 19.2. The van der Waals surface area contributed by atoms with Crippen LogP contribution in [-0.4, -0.2) is 62.9 Å². The molecule has 2 aliphatic rings. The van der Waals surface area contributed by atoms with E-state index in [9.17, 15) is 13.2 Å². The molecule has 1 fully saturated rings. The summed E-state index contributed by atoms with van der Waals surface area (Å²) in [5.41, 5.74) is 0. The average molecular weight is 373 g/mol. The van der Waals surface area contributed by atoms with Crippen LogP contribution in [0.2, 0.25) is 5.02 Å². The van der Waals surface area contributed by atoms with Crippen molar-refractivity contribution in [2.75, 3.05) is 39.4 Å². The van der Waals surface area contributed by atoms with Gasteiger partial charge < -0.3 is 14.4 Å². The number of ether oxygens (including phenoxy) is 2. The molecule has 0 spiro atoms. The lowest BCUT2D eigenvalue weighted by Crippen LogP contribution is -2.51. The Kier molecular flexibility index (Phi) is 4.98. The number of amides is 1. The highest BCUT2D eigenvalue weighted by Crippen LogP contribution is 2.21. The van der Waals surface area contributed by atoms with Crippen molar-refractivity contribution in [1.82, 2.24) is 9.21 Å². The van der Waals surface area contributed by atoms with E-state index in [1.54, 1.807) is 17.0 Å². The lowest BCUT2D eigenvalue weighted by atomic mass is 10.3. The molecule has 1 aromatic carbocycles. The maximum Gasteiger partial charge on any atom is 0.292 e. The predicted molar refractivity (Wildman–Crippen MR) is 86.8 cm³/mol. The van der Waals surface area contributed by atoms with E-state index < -0.39 is 10.0 Å². The summed E-state index contributed by atoms with van der Waals surface area (Å²) < 4.78 is 37.0. The second kappa shape index (κ2) is 7.00. The molecule has 0 atom stereocenters. The molecule has 2 heterocycles. The largest absolute Gasteiger partial charge is 0.494 e. The summed E-state index contributed by atoms with van der Waals surface area (Å²) in [5, 5.41) is 0.367. The number of benzene rings is 1. The van der Waals surface area contributed by atoms with Crippen molar-refractivity contribution < 1.29 is 22.7 Å². The Labute approximate surface area is 145 Å². The molecule has 130 valence electrons. The van der Waals surface area contributed by atoms with Crippen LogP contribution in [0.4, 0.5) is 0 Å². The Morgan fingerprint density at radius 3 is 2.50 bits per heavy atom. The summed E-state index contributed by atoms with van der Waals surface area (Å²) in [6.07, 6.45) is 1.31. The molecule has 1 aromatic rings. The van der Waals surface area contributed by atoms with Gasteiger partial charge in [-0.05, 0) is 18.2 Å². The van der Waals surface area contributed by atoms with Crippen LogP contribution < -0.4 is 0 Å². The minimum Gasteiger partial charge on any atom is -0.494 e. The van der Waals surface area contributed by atoms with Crippen LogP contribution >= 0.6 is 11.6 Å². The van der Waals surface area contributed by atoms with Gasteiger partial charge >= 0.3 is 0 Å². The average Bonchev–Trinajstić information content (AvgIpc) is 2.62. The van der Waals surface area contributed by atoms with E-state index >= 15 is 0 Å². The molecule has 3 rings (SSSR count). The molecule has 0 saturated carbocycles. The van der Waals surface area contributed by atoms with E-state index in [1.165, 1.54) is 22.7 Å². The Balaban J connectivity index is 1.66. The fourth-order valence-electron chi connectivity index (χ4n) is 2.54. The first-order valence-electron chi connectivity index (χ1n) is 7.48. The summed E-state index contributed by atoms with van der Waals surface area (Å²) in [6, 6.07) is 6.15. The number of hydrogen-bond donors (Lipinski definition) is 0. The smallest absolute Gasteiger partial charge is 0.292 e. The number of nitrogens with zero attached hydrogens (tertiary/aromatic N) is 2. The molecule has 9 heteroatoms. The highest BCUT2D eigenvalue weighted by atomic mass is 35.5. The highest BCUT2D eigenvalue weighted by Gasteiger charge is 2.32. The van der Waals surface area contributed by atoms with Gasteiger partial charge in [-0.3, -0.25) is 4.79 Å². The van der Waals surface area contributed by atoms with Gasteiger partial charge in [-0.15, -0.1) is 0 Å². The Bertz CT molecular complexity index is 757. The number of hydrogen-bond acceptors (Lipinski definition) is 5. The van der Waals surface area contributed by atoms with Crippen LogP contribution in [-0.2, 0) is 24.3 Å². The minimum absolute atomic E-state index is 0.154. The molecular weight excluding hydrogens is 356 g/mol. The van der Waals surface area contributed by atoms with Crippen molar-refractivity contribution in [2.45, 2.75) is 4.90 Å². The number of carbonyl (C=O) groups excluding carboxylic acids is 1. The molecule has 2 aliphatic heterocycles. The van der Waals surface area contributed by atoms with Gasteiger partial charge in [0.05, 0.1) is 4.90 Å². The molecule has 0 aromatic heterocycles. The SMILES string of the molecule is O=C(C1=COCCO1)N1CCN(S(=O)(=O)c2cccc(Cl)c2)CC1.